The first-order chi connectivity index (χ1) is 5.27. The number of hydrogen-bond donors (Lipinski definition) is 2. The number of anilines is 1. The normalized spacial score (nSPS) is 10.6. The Bertz CT molecular complexity index is 392. The number of fused-ring (bicyclic) bond motifs is 1. The van der Waals surface area contributed by atoms with Crippen LogP contribution in [0.25, 0.3) is 10.9 Å². The quantitative estimate of drug-likeness (QED) is 0.690. The van der Waals surface area contributed by atoms with E-state index in [1.807, 2.05) is 24.3 Å². The van der Waals surface area contributed by atoms with E-state index in [1.165, 1.54) is 0 Å². The number of aromatic amines is 1. The van der Waals surface area contributed by atoms with Gasteiger partial charge in [0.2, 0.25) is 0 Å². The molecule has 0 aliphatic carbocycles. The minimum Gasteiger partial charge on any atom is -0.385 e. The third kappa shape index (κ3) is 1.01. The predicted octanol–water partition coefficient (Wildman–Crippen LogP) is 2.51. The lowest BCUT2D eigenvalue weighted by Crippen LogP contribution is -1.80. The number of halogens is 1. The molecule has 2 rings (SSSR count). The Hall–Kier alpha value is -0.960. The van der Waals surface area contributed by atoms with Crippen LogP contribution in [0.5, 0.6) is 0 Å². The molecule has 0 spiro atoms. The molecule has 1 aromatic heterocycles. The van der Waals surface area contributed by atoms with Crippen LogP contribution in [0.1, 0.15) is 0 Å². The number of nitrogens with one attached hydrogen (secondary N) is 1. The van der Waals surface area contributed by atoms with Crippen molar-refractivity contribution in [3.05, 3.63) is 28.7 Å². The topological polar surface area (TPSA) is 41.8 Å². The van der Waals surface area contributed by atoms with Gasteiger partial charge in [0.25, 0.3) is 0 Å². The summed E-state index contributed by atoms with van der Waals surface area (Å²) in [5, 5.41) is 1.13. The molecule has 1 heterocycles. The molecule has 0 saturated heterocycles. The molecule has 0 radical (unpaired) electrons. The molecule has 0 fully saturated rings. The average Bonchev–Trinajstić information content (AvgIpc) is 2.31. The van der Waals surface area contributed by atoms with Crippen LogP contribution in [0.15, 0.2) is 28.7 Å². The maximum atomic E-state index is 5.58. The van der Waals surface area contributed by atoms with Crippen LogP contribution in [0.3, 0.4) is 0 Å². The molecule has 0 amide bonds. The molecular formula is C8H7BrN2. The molecule has 0 atom stereocenters. The zero-order chi connectivity index (χ0) is 7.84. The second-order valence-electron chi connectivity index (χ2n) is 2.43. The Balaban J connectivity index is 2.90. The third-order valence-electron chi connectivity index (χ3n) is 1.63. The molecule has 2 nitrogen and oxygen atoms in total. The van der Waals surface area contributed by atoms with Crippen molar-refractivity contribution in [2.45, 2.75) is 0 Å². The molecule has 0 aliphatic heterocycles. The molecule has 3 heteroatoms. The molecule has 11 heavy (non-hydrogen) atoms. The van der Waals surface area contributed by atoms with E-state index in [0.717, 1.165) is 15.4 Å². The van der Waals surface area contributed by atoms with Gasteiger partial charge in [-0.2, -0.15) is 0 Å². The first kappa shape index (κ1) is 6.73. The Morgan fingerprint density at radius 1 is 1.36 bits per heavy atom. The predicted molar refractivity (Wildman–Crippen MR) is 50.4 cm³/mol. The van der Waals surface area contributed by atoms with Crippen molar-refractivity contribution in [1.82, 2.24) is 4.98 Å². The molecule has 2 aromatic rings. The summed E-state index contributed by atoms with van der Waals surface area (Å²) in [7, 11) is 0. The van der Waals surface area contributed by atoms with Gasteiger partial charge in [0.15, 0.2) is 0 Å². The molecule has 56 valence electrons. The Labute approximate surface area is 72.5 Å². The van der Waals surface area contributed by atoms with Gasteiger partial charge in [0, 0.05) is 15.4 Å². The minimum atomic E-state index is 0.701. The minimum absolute atomic E-state index is 0.701. The zero-order valence-corrected chi connectivity index (χ0v) is 7.35. The van der Waals surface area contributed by atoms with Gasteiger partial charge in [0.1, 0.15) is 5.82 Å². The lowest BCUT2D eigenvalue weighted by atomic mass is 10.2. The number of hydrogen-bond acceptors (Lipinski definition) is 1. The van der Waals surface area contributed by atoms with E-state index in [9.17, 15) is 0 Å². The molecule has 0 bridgehead atoms. The highest BCUT2D eigenvalue weighted by Crippen LogP contribution is 2.24. The van der Waals surface area contributed by atoms with Crippen molar-refractivity contribution >= 4 is 32.7 Å². The highest BCUT2D eigenvalue weighted by atomic mass is 79.9. The van der Waals surface area contributed by atoms with Crippen molar-refractivity contribution in [3.63, 3.8) is 0 Å². The van der Waals surface area contributed by atoms with Gasteiger partial charge in [-0.1, -0.05) is 22.0 Å². The Morgan fingerprint density at radius 2 is 2.18 bits per heavy atom. The van der Waals surface area contributed by atoms with Crippen molar-refractivity contribution in [2.24, 2.45) is 0 Å². The van der Waals surface area contributed by atoms with Gasteiger partial charge < -0.3 is 10.7 Å². The maximum absolute atomic E-state index is 5.58. The summed E-state index contributed by atoms with van der Waals surface area (Å²) in [6.07, 6.45) is 0. The lowest BCUT2D eigenvalue weighted by Gasteiger charge is -1.90. The fourth-order valence-electron chi connectivity index (χ4n) is 1.14. The Morgan fingerprint density at radius 3 is 2.91 bits per heavy atom. The first-order valence-electron chi connectivity index (χ1n) is 3.30. The fourth-order valence-corrected chi connectivity index (χ4v) is 1.62. The summed E-state index contributed by atoms with van der Waals surface area (Å²) < 4.78 is 1.07. The van der Waals surface area contributed by atoms with Gasteiger partial charge in [-0.15, -0.1) is 0 Å². The van der Waals surface area contributed by atoms with Crippen LogP contribution in [0, 0.1) is 0 Å². The monoisotopic (exact) mass is 210 g/mol. The van der Waals surface area contributed by atoms with Crippen molar-refractivity contribution in [1.29, 1.82) is 0 Å². The SMILES string of the molecule is Nc1cc2c(Br)cccc2[nH]1. The van der Waals surface area contributed by atoms with Gasteiger partial charge in [-0.05, 0) is 18.2 Å². The number of rotatable bonds is 0. The summed E-state index contributed by atoms with van der Waals surface area (Å²) in [5.41, 5.74) is 6.65. The smallest absolute Gasteiger partial charge is 0.101 e. The summed E-state index contributed by atoms with van der Waals surface area (Å²) >= 11 is 3.43. The van der Waals surface area contributed by atoms with Gasteiger partial charge in [0.05, 0.1) is 0 Å². The van der Waals surface area contributed by atoms with Crippen LogP contribution in [-0.2, 0) is 0 Å². The van der Waals surface area contributed by atoms with Crippen LogP contribution in [-0.4, -0.2) is 4.98 Å². The highest BCUT2D eigenvalue weighted by molar-refractivity contribution is 9.10. The largest absolute Gasteiger partial charge is 0.385 e. The standard InChI is InChI=1S/C8H7BrN2/c9-6-2-1-3-7-5(6)4-8(10)11-7/h1-4,11H,10H2. The van der Waals surface area contributed by atoms with Crippen LogP contribution in [0.4, 0.5) is 5.82 Å². The third-order valence-corrected chi connectivity index (χ3v) is 2.32. The second kappa shape index (κ2) is 2.27. The summed E-state index contributed by atoms with van der Waals surface area (Å²) in [6.45, 7) is 0. The van der Waals surface area contributed by atoms with Crippen LogP contribution >= 0.6 is 15.9 Å². The summed E-state index contributed by atoms with van der Waals surface area (Å²) in [4.78, 5) is 3.05. The average molecular weight is 211 g/mol. The zero-order valence-electron chi connectivity index (χ0n) is 5.76. The van der Waals surface area contributed by atoms with Gasteiger partial charge in [-0.3, -0.25) is 0 Å². The van der Waals surface area contributed by atoms with Crippen molar-refractivity contribution in [3.8, 4) is 0 Å². The molecule has 1 aromatic carbocycles. The van der Waals surface area contributed by atoms with Crippen LogP contribution in [0.2, 0.25) is 0 Å². The maximum Gasteiger partial charge on any atom is 0.101 e. The summed E-state index contributed by atoms with van der Waals surface area (Å²) in [6, 6.07) is 7.88. The molecule has 0 saturated carbocycles. The fraction of sp³-hybridized carbons (Fsp3) is 0. The summed E-state index contributed by atoms with van der Waals surface area (Å²) in [5.74, 6) is 0.701. The molecule has 0 aliphatic rings. The molecule has 3 N–H and O–H groups in total. The second-order valence-corrected chi connectivity index (χ2v) is 3.28. The van der Waals surface area contributed by atoms with Crippen molar-refractivity contribution in [2.75, 3.05) is 5.73 Å². The highest BCUT2D eigenvalue weighted by Gasteiger charge is 1.99. The number of H-pyrrole nitrogens is 1. The van der Waals surface area contributed by atoms with E-state index in [2.05, 4.69) is 20.9 Å². The van der Waals surface area contributed by atoms with E-state index >= 15 is 0 Å². The van der Waals surface area contributed by atoms with Gasteiger partial charge in [-0.25, -0.2) is 0 Å². The number of benzene rings is 1. The first-order valence-corrected chi connectivity index (χ1v) is 4.09. The van der Waals surface area contributed by atoms with E-state index in [1.54, 1.807) is 0 Å². The van der Waals surface area contributed by atoms with Crippen molar-refractivity contribution < 1.29 is 0 Å². The van der Waals surface area contributed by atoms with E-state index < -0.39 is 0 Å². The number of nitrogens with two attached hydrogens (primary N) is 1. The molecular weight excluding hydrogens is 204 g/mol. The lowest BCUT2D eigenvalue weighted by molar-refractivity contribution is 1.47. The molecule has 0 unspecified atom stereocenters. The van der Waals surface area contributed by atoms with Gasteiger partial charge >= 0.3 is 0 Å². The number of nitrogen functional groups attached to an aromatic ring is 1. The number of aromatic nitrogens is 1. The van der Waals surface area contributed by atoms with E-state index in [-0.39, 0.29) is 0 Å². The van der Waals surface area contributed by atoms with Crippen LogP contribution < -0.4 is 5.73 Å². The van der Waals surface area contributed by atoms with E-state index in [0.29, 0.717) is 5.82 Å². The Kier molecular flexibility index (Phi) is 1.39. The van der Waals surface area contributed by atoms with E-state index in [4.69, 9.17) is 5.73 Å².